The number of nitrogens with one attached hydrogen (secondary N) is 2. The highest BCUT2D eigenvalue weighted by atomic mass is 35.5. The van der Waals surface area contributed by atoms with Crippen LogP contribution in [0.15, 0.2) is 18.3 Å². The first-order valence-electron chi connectivity index (χ1n) is 6.38. The number of aliphatic carboxylic acids is 1. The molecule has 1 saturated heterocycles. The van der Waals surface area contributed by atoms with E-state index in [1.54, 1.807) is 12.1 Å². The molecule has 0 radical (unpaired) electrons. The van der Waals surface area contributed by atoms with Crippen LogP contribution in [0.3, 0.4) is 0 Å². The van der Waals surface area contributed by atoms with E-state index in [1.165, 1.54) is 6.20 Å². The highest BCUT2D eigenvalue weighted by Crippen LogP contribution is 2.10. The van der Waals surface area contributed by atoms with Crippen molar-refractivity contribution in [2.45, 2.75) is 31.3 Å². The highest BCUT2D eigenvalue weighted by molar-refractivity contribution is 6.29. The molecule has 3 N–H and O–H groups in total. The van der Waals surface area contributed by atoms with E-state index in [2.05, 4.69) is 15.6 Å². The molecular formula is C13H14ClN3O4. The zero-order valence-electron chi connectivity index (χ0n) is 11.0. The lowest BCUT2D eigenvalue weighted by molar-refractivity contribution is -0.142. The van der Waals surface area contributed by atoms with Crippen molar-refractivity contribution in [3.05, 3.63) is 29.0 Å². The third-order valence-electron chi connectivity index (χ3n) is 3.15. The number of hydrogen-bond donors (Lipinski definition) is 3. The second-order valence-electron chi connectivity index (χ2n) is 4.75. The predicted molar refractivity (Wildman–Crippen MR) is 73.7 cm³/mol. The van der Waals surface area contributed by atoms with Crippen molar-refractivity contribution in [1.82, 2.24) is 15.6 Å². The van der Waals surface area contributed by atoms with Gasteiger partial charge < -0.3 is 15.7 Å². The summed E-state index contributed by atoms with van der Waals surface area (Å²) in [5, 5.41) is 14.4. The zero-order chi connectivity index (χ0) is 15.4. The van der Waals surface area contributed by atoms with E-state index in [9.17, 15) is 19.5 Å². The lowest BCUT2D eigenvalue weighted by atomic mass is 10.1. The fourth-order valence-electron chi connectivity index (χ4n) is 2.05. The van der Waals surface area contributed by atoms with Crippen LogP contribution >= 0.6 is 11.6 Å². The van der Waals surface area contributed by atoms with Crippen LogP contribution in [0.25, 0.3) is 0 Å². The van der Waals surface area contributed by atoms with Gasteiger partial charge in [-0.2, -0.15) is 0 Å². The molecule has 1 aliphatic rings. The summed E-state index contributed by atoms with van der Waals surface area (Å²) in [6.07, 6.45) is 2.20. The van der Waals surface area contributed by atoms with Gasteiger partial charge in [0.2, 0.25) is 11.8 Å². The second-order valence-corrected chi connectivity index (χ2v) is 5.14. The lowest BCUT2D eigenvalue weighted by Crippen LogP contribution is -2.49. The quantitative estimate of drug-likeness (QED) is 0.670. The van der Waals surface area contributed by atoms with Gasteiger partial charge in [0.05, 0.1) is 0 Å². The smallest absolute Gasteiger partial charge is 0.326 e. The van der Waals surface area contributed by atoms with Crippen LogP contribution in [0.2, 0.25) is 5.15 Å². The Morgan fingerprint density at radius 1 is 1.52 bits per heavy atom. The third-order valence-corrected chi connectivity index (χ3v) is 3.38. The van der Waals surface area contributed by atoms with Gasteiger partial charge in [-0.15, -0.1) is 0 Å². The maximum absolute atomic E-state index is 11.9. The van der Waals surface area contributed by atoms with Crippen molar-refractivity contribution < 1.29 is 19.5 Å². The van der Waals surface area contributed by atoms with Gasteiger partial charge in [0.15, 0.2) is 0 Å². The molecule has 0 saturated carbocycles. The maximum Gasteiger partial charge on any atom is 0.326 e. The summed E-state index contributed by atoms with van der Waals surface area (Å²) >= 11 is 5.66. The molecule has 2 amide bonds. The van der Waals surface area contributed by atoms with E-state index >= 15 is 0 Å². The Balaban J connectivity index is 1.99. The summed E-state index contributed by atoms with van der Waals surface area (Å²) < 4.78 is 0. The number of hydrogen-bond acceptors (Lipinski definition) is 4. The number of carbonyl (C=O) groups excluding carboxylic acids is 2. The van der Waals surface area contributed by atoms with Crippen molar-refractivity contribution in [1.29, 1.82) is 0 Å². The van der Waals surface area contributed by atoms with Crippen LogP contribution < -0.4 is 10.6 Å². The Hall–Kier alpha value is -2.15. The molecule has 0 aromatic carbocycles. The lowest BCUT2D eigenvalue weighted by Gasteiger charge is -2.17. The molecule has 8 heteroatoms. The molecule has 2 heterocycles. The van der Waals surface area contributed by atoms with E-state index in [-0.39, 0.29) is 18.7 Å². The second kappa shape index (κ2) is 6.53. The molecule has 1 aromatic rings. The van der Waals surface area contributed by atoms with E-state index in [1.807, 2.05) is 0 Å². The molecule has 1 fully saturated rings. The molecule has 112 valence electrons. The molecule has 0 spiro atoms. The molecule has 0 aliphatic carbocycles. The number of carboxylic acids is 1. The van der Waals surface area contributed by atoms with Gasteiger partial charge in [0.1, 0.15) is 17.2 Å². The van der Waals surface area contributed by atoms with Crippen LogP contribution in [0.4, 0.5) is 0 Å². The van der Waals surface area contributed by atoms with Crippen LogP contribution in [0.5, 0.6) is 0 Å². The Labute approximate surface area is 125 Å². The fourth-order valence-corrected chi connectivity index (χ4v) is 2.16. The highest BCUT2D eigenvalue weighted by Gasteiger charge is 2.30. The van der Waals surface area contributed by atoms with Gasteiger partial charge in [0, 0.05) is 19.0 Å². The summed E-state index contributed by atoms with van der Waals surface area (Å²) in [6.45, 7) is 0. The minimum Gasteiger partial charge on any atom is -0.480 e. The fraction of sp³-hybridized carbons (Fsp3) is 0.385. The van der Waals surface area contributed by atoms with Gasteiger partial charge >= 0.3 is 5.97 Å². The number of carboxylic acid groups (broad SMARTS) is 1. The standard InChI is InChI=1S/C13H14ClN3O4/c14-10-3-1-7(6-15-10)5-9(13(20)21)17-12(19)8-2-4-11(18)16-8/h1,3,6,8-9H,2,4-5H2,(H,16,18)(H,17,19)(H,20,21)/t8-,9-/m1/s1. The number of rotatable bonds is 5. The average Bonchev–Trinajstić information content (AvgIpc) is 2.87. The number of aromatic nitrogens is 1. The van der Waals surface area contributed by atoms with Crippen molar-refractivity contribution in [2.75, 3.05) is 0 Å². The van der Waals surface area contributed by atoms with E-state index in [0.29, 0.717) is 17.1 Å². The number of pyridine rings is 1. The van der Waals surface area contributed by atoms with Crippen molar-refractivity contribution in [2.24, 2.45) is 0 Å². The van der Waals surface area contributed by atoms with Crippen molar-refractivity contribution in [3.8, 4) is 0 Å². The number of halogens is 1. The van der Waals surface area contributed by atoms with Crippen LogP contribution in [-0.2, 0) is 20.8 Å². The topological polar surface area (TPSA) is 108 Å². The molecular weight excluding hydrogens is 298 g/mol. The number of nitrogens with zero attached hydrogens (tertiary/aromatic N) is 1. The Morgan fingerprint density at radius 3 is 2.81 bits per heavy atom. The van der Waals surface area contributed by atoms with Crippen molar-refractivity contribution in [3.63, 3.8) is 0 Å². The Morgan fingerprint density at radius 2 is 2.29 bits per heavy atom. The number of carbonyl (C=O) groups is 3. The van der Waals surface area contributed by atoms with E-state index in [4.69, 9.17) is 11.6 Å². The zero-order valence-corrected chi connectivity index (χ0v) is 11.8. The first-order valence-corrected chi connectivity index (χ1v) is 6.76. The van der Waals surface area contributed by atoms with Gasteiger partial charge in [0.25, 0.3) is 0 Å². The van der Waals surface area contributed by atoms with Gasteiger partial charge in [-0.25, -0.2) is 9.78 Å². The Bertz CT molecular complexity index is 561. The monoisotopic (exact) mass is 311 g/mol. The molecule has 1 aliphatic heterocycles. The molecule has 7 nitrogen and oxygen atoms in total. The van der Waals surface area contributed by atoms with Crippen molar-refractivity contribution >= 4 is 29.4 Å². The summed E-state index contributed by atoms with van der Waals surface area (Å²) in [6, 6.07) is 1.45. The molecule has 1 aromatic heterocycles. The maximum atomic E-state index is 11.9. The van der Waals surface area contributed by atoms with Gasteiger partial charge in [-0.3, -0.25) is 9.59 Å². The van der Waals surface area contributed by atoms with Gasteiger partial charge in [-0.05, 0) is 18.1 Å². The summed E-state index contributed by atoms with van der Waals surface area (Å²) in [5.74, 6) is -1.85. The summed E-state index contributed by atoms with van der Waals surface area (Å²) in [7, 11) is 0. The first kappa shape index (κ1) is 15.2. The molecule has 21 heavy (non-hydrogen) atoms. The normalized spacial score (nSPS) is 18.9. The molecule has 2 rings (SSSR count). The minimum atomic E-state index is -1.15. The van der Waals surface area contributed by atoms with Crippen LogP contribution in [-0.4, -0.2) is 40.0 Å². The van der Waals surface area contributed by atoms with E-state index < -0.39 is 24.0 Å². The molecule has 0 bridgehead atoms. The van der Waals surface area contributed by atoms with E-state index in [0.717, 1.165) is 0 Å². The molecule has 0 unspecified atom stereocenters. The van der Waals surface area contributed by atoms with Gasteiger partial charge in [-0.1, -0.05) is 17.7 Å². The van der Waals surface area contributed by atoms with Crippen LogP contribution in [0.1, 0.15) is 18.4 Å². The average molecular weight is 312 g/mol. The minimum absolute atomic E-state index is 0.0892. The predicted octanol–water partition coefficient (Wildman–Crippen LogP) is 0.125. The summed E-state index contributed by atoms with van der Waals surface area (Å²) in [4.78, 5) is 38.1. The van der Waals surface area contributed by atoms with Crippen LogP contribution in [0, 0.1) is 0 Å². The first-order chi connectivity index (χ1) is 9.95. The SMILES string of the molecule is O=C1CC[C@H](C(=O)N[C@H](Cc2ccc(Cl)nc2)C(=O)O)N1. The largest absolute Gasteiger partial charge is 0.480 e. The summed E-state index contributed by atoms with van der Waals surface area (Å²) in [5.41, 5.74) is 0.641. The third kappa shape index (κ3) is 4.16. The number of amides is 2. The molecule has 2 atom stereocenters. The Kier molecular flexibility index (Phi) is 4.74.